The number of aliphatic carboxylic acids is 1. The van der Waals surface area contributed by atoms with Gasteiger partial charge in [0.05, 0.1) is 6.42 Å². The highest BCUT2D eigenvalue weighted by Gasteiger charge is 2.37. The number of Topliss-reactive ketones (excluding diaryl/α,β-unsaturated/α-hetero) is 1. The van der Waals surface area contributed by atoms with Crippen molar-refractivity contribution in [1.29, 1.82) is 0 Å². The number of hydrogen-bond donors (Lipinski definition) is 1. The first-order valence-electron chi connectivity index (χ1n) is 5.06. The van der Waals surface area contributed by atoms with Gasteiger partial charge in [-0.1, -0.05) is 6.92 Å². The molecule has 1 aromatic rings. The van der Waals surface area contributed by atoms with Crippen molar-refractivity contribution in [2.24, 2.45) is 5.92 Å². The Labute approximate surface area is 91.9 Å². The van der Waals surface area contributed by atoms with Gasteiger partial charge in [-0.05, 0) is 23.8 Å². The Morgan fingerprint density at radius 3 is 2.81 bits per heavy atom. The SMILES string of the molecule is CC1C(=O)c2ccc(F)cc2C1CC(=O)O. The highest BCUT2D eigenvalue weighted by Crippen LogP contribution is 2.40. The van der Waals surface area contributed by atoms with E-state index in [9.17, 15) is 14.0 Å². The summed E-state index contributed by atoms with van der Waals surface area (Å²) in [6, 6.07) is 3.93. The molecule has 0 saturated carbocycles. The van der Waals surface area contributed by atoms with Gasteiger partial charge in [0.1, 0.15) is 5.82 Å². The lowest BCUT2D eigenvalue weighted by molar-refractivity contribution is -0.137. The van der Waals surface area contributed by atoms with Crippen molar-refractivity contribution in [3.8, 4) is 0 Å². The first kappa shape index (κ1) is 10.8. The number of carboxylic acid groups (broad SMARTS) is 1. The Kier molecular flexibility index (Phi) is 2.50. The lowest BCUT2D eigenvalue weighted by Crippen LogP contribution is -2.13. The predicted octanol–water partition coefficient (Wildman–Crippen LogP) is 2.22. The van der Waals surface area contributed by atoms with E-state index in [1.807, 2.05) is 0 Å². The third-order valence-electron chi connectivity index (χ3n) is 3.09. The second kappa shape index (κ2) is 3.70. The fourth-order valence-corrected chi connectivity index (χ4v) is 2.24. The molecule has 0 radical (unpaired) electrons. The van der Waals surface area contributed by atoms with E-state index in [4.69, 9.17) is 5.11 Å². The number of carbonyl (C=O) groups excluding carboxylic acids is 1. The molecule has 0 spiro atoms. The van der Waals surface area contributed by atoms with Crippen LogP contribution in [0.5, 0.6) is 0 Å². The van der Waals surface area contributed by atoms with Crippen LogP contribution in [0.15, 0.2) is 18.2 Å². The van der Waals surface area contributed by atoms with E-state index < -0.39 is 17.7 Å². The Morgan fingerprint density at radius 1 is 1.50 bits per heavy atom. The van der Waals surface area contributed by atoms with Crippen molar-refractivity contribution in [2.45, 2.75) is 19.3 Å². The monoisotopic (exact) mass is 222 g/mol. The number of ketones is 1. The Morgan fingerprint density at radius 2 is 2.19 bits per heavy atom. The van der Waals surface area contributed by atoms with Gasteiger partial charge in [0, 0.05) is 17.4 Å². The maximum absolute atomic E-state index is 13.1. The smallest absolute Gasteiger partial charge is 0.303 e. The normalized spacial score (nSPS) is 23.2. The summed E-state index contributed by atoms with van der Waals surface area (Å²) >= 11 is 0. The van der Waals surface area contributed by atoms with Crippen LogP contribution in [-0.2, 0) is 4.79 Å². The molecule has 1 N–H and O–H groups in total. The van der Waals surface area contributed by atoms with Gasteiger partial charge in [0.2, 0.25) is 0 Å². The van der Waals surface area contributed by atoms with E-state index in [2.05, 4.69) is 0 Å². The summed E-state index contributed by atoms with van der Waals surface area (Å²) in [4.78, 5) is 22.5. The minimum Gasteiger partial charge on any atom is -0.481 e. The lowest BCUT2D eigenvalue weighted by Gasteiger charge is -2.12. The van der Waals surface area contributed by atoms with Crippen molar-refractivity contribution < 1.29 is 19.1 Å². The van der Waals surface area contributed by atoms with Crippen LogP contribution in [0.4, 0.5) is 4.39 Å². The molecule has 1 aromatic carbocycles. The molecule has 84 valence electrons. The molecule has 0 aliphatic heterocycles. The van der Waals surface area contributed by atoms with Crippen molar-refractivity contribution in [3.05, 3.63) is 35.1 Å². The number of carboxylic acids is 1. The van der Waals surface area contributed by atoms with Gasteiger partial charge < -0.3 is 5.11 Å². The zero-order chi connectivity index (χ0) is 11.9. The molecule has 16 heavy (non-hydrogen) atoms. The van der Waals surface area contributed by atoms with Crippen LogP contribution in [0.1, 0.15) is 35.2 Å². The first-order chi connectivity index (χ1) is 7.50. The van der Waals surface area contributed by atoms with E-state index in [1.165, 1.54) is 18.2 Å². The number of rotatable bonds is 2. The van der Waals surface area contributed by atoms with Gasteiger partial charge in [0.25, 0.3) is 0 Å². The Bertz CT molecular complexity index is 467. The molecule has 0 saturated heterocycles. The van der Waals surface area contributed by atoms with Crippen LogP contribution < -0.4 is 0 Å². The van der Waals surface area contributed by atoms with E-state index in [-0.39, 0.29) is 18.1 Å². The Hall–Kier alpha value is -1.71. The van der Waals surface area contributed by atoms with Gasteiger partial charge >= 0.3 is 5.97 Å². The summed E-state index contributed by atoms with van der Waals surface area (Å²) in [5.41, 5.74) is 0.986. The minimum atomic E-state index is -0.971. The molecule has 3 nitrogen and oxygen atoms in total. The van der Waals surface area contributed by atoms with Gasteiger partial charge in [-0.2, -0.15) is 0 Å². The number of benzene rings is 1. The first-order valence-corrected chi connectivity index (χ1v) is 5.06. The van der Waals surface area contributed by atoms with Crippen LogP contribution in [0.3, 0.4) is 0 Å². The van der Waals surface area contributed by atoms with Crippen molar-refractivity contribution in [3.63, 3.8) is 0 Å². The van der Waals surface area contributed by atoms with Gasteiger partial charge in [-0.15, -0.1) is 0 Å². The third-order valence-corrected chi connectivity index (χ3v) is 3.09. The van der Waals surface area contributed by atoms with E-state index >= 15 is 0 Å². The second-order valence-electron chi connectivity index (χ2n) is 4.09. The fourth-order valence-electron chi connectivity index (χ4n) is 2.24. The summed E-state index contributed by atoms with van der Waals surface area (Å²) in [7, 11) is 0. The minimum absolute atomic E-state index is 0.0961. The third kappa shape index (κ3) is 1.60. The maximum atomic E-state index is 13.1. The maximum Gasteiger partial charge on any atom is 0.303 e. The number of fused-ring (bicyclic) bond motifs is 1. The molecular formula is C12H11FO3. The largest absolute Gasteiger partial charge is 0.481 e. The van der Waals surface area contributed by atoms with Crippen LogP contribution in [0, 0.1) is 11.7 Å². The lowest BCUT2D eigenvalue weighted by atomic mass is 9.91. The molecule has 1 aliphatic carbocycles. The molecule has 0 bridgehead atoms. The van der Waals surface area contributed by atoms with Crippen LogP contribution >= 0.6 is 0 Å². The molecule has 0 amide bonds. The average Bonchev–Trinajstić information content (AvgIpc) is 2.43. The summed E-state index contributed by atoms with van der Waals surface area (Å²) in [6.07, 6.45) is -0.136. The van der Waals surface area contributed by atoms with Crippen LogP contribution in [0.25, 0.3) is 0 Å². The number of halogens is 1. The Balaban J connectivity index is 2.46. The van der Waals surface area contributed by atoms with Crippen LogP contribution in [-0.4, -0.2) is 16.9 Å². The molecular weight excluding hydrogens is 211 g/mol. The summed E-state index contributed by atoms with van der Waals surface area (Å²) in [6.45, 7) is 1.69. The van der Waals surface area contributed by atoms with Gasteiger partial charge in [-0.3, -0.25) is 9.59 Å². The van der Waals surface area contributed by atoms with Crippen LogP contribution in [0.2, 0.25) is 0 Å². The highest BCUT2D eigenvalue weighted by atomic mass is 19.1. The van der Waals surface area contributed by atoms with Crippen molar-refractivity contribution in [2.75, 3.05) is 0 Å². The second-order valence-corrected chi connectivity index (χ2v) is 4.09. The van der Waals surface area contributed by atoms with E-state index in [0.717, 1.165) is 0 Å². The molecule has 0 heterocycles. The van der Waals surface area contributed by atoms with Crippen molar-refractivity contribution >= 4 is 11.8 Å². The molecule has 2 unspecified atom stereocenters. The quantitative estimate of drug-likeness (QED) is 0.834. The fraction of sp³-hybridized carbons (Fsp3) is 0.333. The highest BCUT2D eigenvalue weighted by molar-refractivity contribution is 6.03. The zero-order valence-electron chi connectivity index (χ0n) is 8.74. The van der Waals surface area contributed by atoms with E-state index in [0.29, 0.717) is 11.1 Å². The van der Waals surface area contributed by atoms with Gasteiger partial charge in [-0.25, -0.2) is 4.39 Å². The number of carbonyl (C=O) groups is 2. The standard InChI is InChI=1S/C12H11FO3/c1-6-9(5-11(14)15)10-4-7(13)2-3-8(10)12(6)16/h2-4,6,9H,5H2,1H3,(H,14,15). The molecule has 4 heteroatoms. The van der Waals surface area contributed by atoms with E-state index in [1.54, 1.807) is 6.92 Å². The zero-order valence-corrected chi connectivity index (χ0v) is 8.74. The molecule has 2 atom stereocenters. The molecule has 2 rings (SSSR count). The number of hydrogen-bond acceptors (Lipinski definition) is 2. The summed E-state index contributed by atoms with van der Waals surface area (Å²) in [5, 5.41) is 8.77. The summed E-state index contributed by atoms with van der Waals surface area (Å²) < 4.78 is 13.1. The summed E-state index contributed by atoms with van der Waals surface area (Å²) in [5.74, 6) is -2.29. The predicted molar refractivity (Wildman–Crippen MR) is 54.9 cm³/mol. The van der Waals surface area contributed by atoms with Crippen molar-refractivity contribution in [1.82, 2.24) is 0 Å². The molecule has 0 aromatic heterocycles. The molecule has 1 aliphatic rings. The van der Waals surface area contributed by atoms with Gasteiger partial charge in [0.15, 0.2) is 5.78 Å². The topological polar surface area (TPSA) is 54.4 Å². The molecule has 0 fully saturated rings. The average molecular weight is 222 g/mol.